The molecule has 2 aromatic rings. The summed E-state index contributed by atoms with van der Waals surface area (Å²) in [5.74, 6) is -1.40. The molecule has 0 heterocycles. The molecule has 0 aliphatic heterocycles. The summed E-state index contributed by atoms with van der Waals surface area (Å²) in [6, 6.07) is 12.4. The van der Waals surface area contributed by atoms with Crippen molar-refractivity contribution in [2.24, 2.45) is 0 Å². The van der Waals surface area contributed by atoms with Crippen LogP contribution in [0.1, 0.15) is 21.5 Å². The molecule has 102 valence electrons. The van der Waals surface area contributed by atoms with Crippen LogP contribution < -0.4 is 5.32 Å². The predicted octanol–water partition coefficient (Wildman–Crippen LogP) is 3.35. The SMILES string of the molecule is C=Cc1ccc(CNc2cccc(C(=O)O)c2O)cc1. The summed E-state index contributed by atoms with van der Waals surface area (Å²) in [7, 11) is 0. The van der Waals surface area contributed by atoms with Gasteiger partial charge in [0.1, 0.15) is 5.56 Å². The third-order valence-electron chi connectivity index (χ3n) is 2.96. The topological polar surface area (TPSA) is 69.6 Å². The van der Waals surface area contributed by atoms with E-state index in [1.807, 2.05) is 24.3 Å². The summed E-state index contributed by atoms with van der Waals surface area (Å²) in [5.41, 5.74) is 2.34. The largest absolute Gasteiger partial charge is 0.505 e. The van der Waals surface area contributed by atoms with Crippen LogP contribution in [0.2, 0.25) is 0 Å². The van der Waals surface area contributed by atoms with Crippen LogP contribution >= 0.6 is 0 Å². The van der Waals surface area contributed by atoms with Crippen molar-refractivity contribution >= 4 is 17.7 Å². The molecule has 0 aliphatic carbocycles. The van der Waals surface area contributed by atoms with Gasteiger partial charge in [-0.15, -0.1) is 0 Å². The Kier molecular flexibility index (Phi) is 4.05. The van der Waals surface area contributed by atoms with E-state index in [0.29, 0.717) is 12.2 Å². The van der Waals surface area contributed by atoms with Crippen LogP contribution in [0.15, 0.2) is 49.0 Å². The molecule has 3 N–H and O–H groups in total. The maximum Gasteiger partial charge on any atom is 0.339 e. The molecule has 0 aliphatic rings. The Morgan fingerprint density at radius 3 is 2.50 bits per heavy atom. The second kappa shape index (κ2) is 5.93. The van der Waals surface area contributed by atoms with E-state index >= 15 is 0 Å². The van der Waals surface area contributed by atoms with E-state index in [2.05, 4.69) is 11.9 Å². The highest BCUT2D eigenvalue weighted by Crippen LogP contribution is 2.27. The fraction of sp³-hybridized carbons (Fsp3) is 0.0625. The maximum atomic E-state index is 10.9. The van der Waals surface area contributed by atoms with Crippen LogP contribution in [0.3, 0.4) is 0 Å². The van der Waals surface area contributed by atoms with Crippen molar-refractivity contribution in [2.75, 3.05) is 5.32 Å². The molecule has 2 aromatic carbocycles. The van der Waals surface area contributed by atoms with E-state index in [-0.39, 0.29) is 11.3 Å². The van der Waals surface area contributed by atoms with Crippen molar-refractivity contribution in [2.45, 2.75) is 6.54 Å². The highest BCUT2D eigenvalue weighted by molar-refractivity contribution is 5.93. The number of carboxylic acid groups (broad SMARTS) is 1. The first-order chi connectivity index (χ1) is 9.61. The summed E-state index contributed by atoms with van der Waals surface area (Å²) < 4.78 is 0. The molecular weight excluding hydrogens is 254 g/mol. The van der Waals surface area contributed by atoms with Crippen LogP contribution in [0.4, 0.5) is 5.69 Å². The molecule has 2 rings (SSSR count). The summed E-state index contributed by atoms with van der Waals surface area (Å²) in [6.07, 6.45) is 1.76. The number of para-hydroxylation sites is 1. The van der Waals surface area contributed by atoms with E-state index in [9.17, 15) is 9.90 Å². The summed E-state index contributed by atoms with van der Waals surface area (Å²) >= 11 is 0. The fourth-order valence-corrected chi connectivity index (χ4v) is 1.83. The van der Waals surface area contributed by atoms with E-state index in [0.717, 1.165) is 11.1 Å². The van der Waals surface area contributed by atoms with Crippen LogP contribution in [0.25, 0.3) is 6.08 Å². The molecule has 0 unspecified atom stereocenters. The molecule has 0 amide bonds. The molecule has 0 spiro atoms. The van der Waals surface area contributed by atoms with Crippen molar-refractivity contribution in [3.8, 4) is 5.75 Å². The zero-order valence-electron chi connectivity index (χ0n) is 10.8. The highest BCUT2D eigenvalue weighted by atomic mass is 16.4. The van der Waals surface area contributed by atoms with Crippen LogP contribution in [-0.2, 0) is 6.54 Å². The first-order valence-corrected chi connectivity index (χ1v) is 6.12. The van der Waals surface area contributed by atoms with Gasteiger partial charge >= 0.3 is 5.97 Å². The number of phenols is 1. The Morgan fingerprint density at radius 2 is 1.90 bits per heavy atom. The molecule has 0 saturated heterocycles. The van der Waals surface area contributed by atoms with Crippen LogP contribution in [0.5, 0.6) is 5.75 Å². The number of benzene rings is 2. The average molecular weight is 269 g/mol. The molecule has 0 saturated carbocycles. The number of nitrogens with one attached hydrogen (secondary N) is 1. The van der Waals surface area contributed by atoms with Crippen molar-refractivity contribution < 1.29 is 15.0 Å². The number of hydrogen-bond acceptors (Lipinski definition) is 3. The number of aromatic carboxylic acids is 1. The molecule has 4 heteroatoms. The van der Waals surface area contributed by atoms with Crippen molar-refractivity contribution in [1.82, 2.24) is 0 Å². The summed E-state index contributed by atoms with van der Waals surface area (Å²) in [6.45, 7) is 4.18. The zero-order chi connectivity index (χ0) is 14.5. The summed E-state index contributed by atoms with van der Waals surface area (Å²) in [5, 5.41) is 21.8. The molecule has 0 bridgehead atoms. The minimum Gasteiger partial charge on any atom is -0.505 e. The fourth-order valence-electron chi connectivity index (χ4n) is 1.83. The lowest BCUT2D eigenvalue weighted by Crippen LogP contribution is -2.03. The van der Waals surface area contributed by atoms with Gasteiger partial charge in [-0.25, -0.2) is 4.79 Å². The van der Waals surface area contributed by atoms with Crippen molar-refractivity contribution in [3.63, 3.8) is 0 Å². The van der Waals surface area contributed by atoms with Gasteiger partial charge in [0.25, 0.3) is 0 Å². The minimum absolute atomic E-state index is 0.114. The second-order valence-corrected chi connectivity index (χ2v) is 4.31. The third kappa shape index (κ3) is 2.98. The predicted molar refractivity (Wildman–Crippen MR) is 78.9 cm³/mol. The van der Waals surface area contributed by atoms with E-state index < -0.39 is 5.97 Å². The Hall–Kier alpha value is -2.75. The molecule has 0 aromatic heterocycles. The molecule has 0 atom stereocenters. The number of rotatable bonds is 5. The quantitative estimate of drug-likeness (QED) is 0.728. The zero-order valence-corrected chi connectivity index (χ0v) is 10.8. The first-order valence-electron chi connectivity index (χ1n) is 6.12. The van der Waals surface area contributed by atoms with Gasteiger partial charge in [-0.1, -0.05) is 43.0 Å². The standard InChI is InChI=1S/C16H15NO3/c1-2-11-6-8-12(9-7-11)10-17-14-5-3-4-13(15(14)18)16(19)20/h2-9,17-18H,1,10H2,(H,19,20). The lowest BCUT2D eigenvalue weighted by atomic mass is 10.1. The van der Waals surface area contributed by atoms with Crippen molar-refractivity contribution in [1.29, 1.82) is 0 Å². The number of carbonyl (C=O) groups is 1. The Balaban J connectivity index is 2.12. The molecule has 4 nitrogen and oxygen atoms in total. The van der Waals surface area contributed by atoms with Gasteiger partial charge in [0.05, 0.1) is 5.69 Å². The number of hydrogen-bond donors (Lipinski definition) is 3. The van der Waals surface area contributed by atoms with Crippen LogP contribution in [-0.4, -0.2) is 16.2 Å². The third-order valence-corrected chi connectivity index (χ3v) is 2.96. The van der Waals surface area contributed by atoms with E-state index in [1.165, 1.54) is 6.07 Å². The number of aromatic hydroxyl groups is 1. The lowest BCUT2D eigenvalue weighted by molar-refractivity contribution is 0.0694. The van der Waals surface area contributed by atoms with Crippen molar-refractivity contribution in [3.05, 3.63) is 65.7 Å². The van der Waals surface area contributed by atoms with Gasteiger partial charge < -0.3 is 15.5 Å². The van der Waals surface area contributed by atoms with E-state index in [4.69, 9.17) is 5.11 Å². The molecule has 20 heavy (non-hydrogen) atoms. The maximum absolute atomic E-state index is 10.9. The Bertz CT molecular complexity index is 633. The highest BCUT2D eigenvalue weighted by Gasteiger charge is 2.12. The first kappa shape index (κ1) is 13.7. The molecule has 0 radical (unpaired) electrons. The summed E-state index contributed by atoms with van der Waals surface area (Å²) in [4.78, 5) is 10.9. The average Bonchev–Trinajstić information content (AvgIpc) is 2.46. The monoisotopic (exact) mass is 269 g/mol. The smallest absolute Gasteiger partial charge is 0.339 e. The minimum atomic E-state index is -1.15. The van der Waals surface area contributed by atoms with Gasteiger partial charge in [0.2, 0.25) is 0 Å². The van der Waals surface area contributed by atoms with Gasteiger partial charge in [-0.3, -0.25) is 0 Å². The van der Waals surface area contributed by atoms with Gasteiger partial charge in [0, 0.05) is 6.54 Å². The Morgan fingerprint density at radius 1 is 1.20 bits per heavy atom. The Labute approximate surface area is 117 Å². The molecular formula is C16H15NO3. The second-order valence-electron chi connectivity index (χ2n) is 4.31. The lowest BCUT2D eigenvalue weighted by Gasteiger charge is -2.10. The van der Waals surface area contributed by atoms with Gasteiger partial charge in [-0.05, 0) is 23.3 Å². The van der Waals surface area contributed by atoms with Gasteiger partial charge in [-0.2, -0.15) is 0 Å². The number of carboxylic acids is 1. The van der Waals surface area contributed by atoms with E-state index in [1.54, 1.807) is 18.2 Å². The van der Waals surface area contributed by atoms with Gasteiger partial charge in [0.15, 0.2) is 5.75 Å². The number of anilines is 1. The molecule has 0 fully saturated rings. The van der Waals surface area contributed by atoms with Crippen LogP contribution in [0, 0.1) is 0 Å². The normalized spacial score (nSPS) is 10.0.